The maximum absolute atomic E-state index is 9.37. The van der Waals surface area contributed by atoms with Gasteiger partial charge in [-0.05, 0) is 0 Å². The Morgan fingerprint density at radius 3 is 1.86 bits per heavy atom. The molecule has 0 bridgehead atoms. The predicted octanol–water partition coefficient (Wildman–Crippen LogP) is 0.633. The fourth-order valence-corrected chi connectivity index (χ4v) is 0. The van der Waals surface area contributed by atoms with Gasteiger partial charge in [-0.1, -0.05) is 6.92 Å². The van der Waals surface area contributed by atoms with Crippen molar-refractivity contribution in [2.45, 2.75) is 13.3 Å². The summed E-state index contributed by atoms with van der Waals surface area (Å²) < 4.78 is 0. The smallest absolute Gasteiger partial charge is 0.303 e. The molecule has 0 aromatic rings. The van der Waals surface area contributed by atoms with Gasteiger partial charge in [0.1, 0.15) is 0 Å². The van der Waals surface area contributed by atoms with Crippen LogP contribution in [-0.2, 0) is 4.79 Å². The first kappa shape index (κ1) is 15.7. The third kappa shape index (κ3) is 19.5. The molecule has 7 heavy (non-hydrogen) atoms. The second kappa shape index (κ2) is 10.1. The van der Waals surface area contributed by atoms with Gasteiger partial charge in [-0.3, -0.25) is 9.50 Å². The van der Waals surface area contributed by atoms with Crippen LogP contribution < -0.4 is 0 Å². The van der Waals surface area contributed by atoms with Gasteiger partial charge in [-0.25, -0.2) is 0 Å². The molecule has 1 N–H and O–H groups in total. The summed E-state index contributed by atoms with van der Waals surface area (Å²) in [6.07, 6.45) is 0.222. The van der Waals surface area contributed by atoms with Crippen molar-refractivity contribution in [2.24, 2.45) is 0 Å². The van der Waals surface area contributed by atoms with Crippen molar-refractivity contribution in [2.75, 3.05) is 0 Å². The van der Waals surface area contributed by atoms with E-state index in [1.165, 1.54) is 0 Å². The van der Waals surface area contributed by atoms with E-state index >= 15 is 0 Å². The van der Waals surface area contributed by atoms with E-state index in [4.69, 9.17) is 5.11 Å². The molecule has 0 atom stereocenters. The van der Waals surface area contributed by atoms with E-state index in [0.717, 1.165) is 0 Å². The first-order valence-corrected chi connectivity index (χ1v) is 1.49. The van der Waals surface area contributed by atoms with Crippen LogP contribution in [0.4, 0.5) is 4.70 Å². The molecule has 0 aromatic carbocycles. The number of carbonyl (C=O) groups is 1. The Morgan fingerprint density at radius 2 is 1.86 bits per heavy atom. The predicted molar refractivity (Wildman–Crippen MR) is 20.4 cm³/mol. The standard InChI is InChI=1S/C3H6O2.Eu.FH/c1-2-3(4)5;;/h2H2,1H3,(H,4,5);;1H. The van der Waals surface area contributed by atoms with Crippen LogP contribution in [0, 0.1) is 49.4 Å². The summed E-state index contributed by atoms with van der Waals surface area (Å²) in [5.41, 5.74) is 0. The summed E-state index contributed by atoms with van der Waals surface area (Å²) in [7, 11) is 0. The van der Waals surface area contributed by atoms with Gasteiger partial charge in [-0.15, -0.1) is 0 Å². The van der Waals surface area contributed by atoms with E-state index in [-0.39, 0.29) is 60.5 Å². The summed E-state index contributed by atoms with van der Waals surface area (Å²) >= 11 is 0. The third-order valence-corrected chi connectivity index (χ3v) is 0.302. The fraction of sp³-hybridized carbons (Fsp3) is 0.667. The first-order valence-electron chi connectivity index (χ1n) is 1.49. The molecule has 1 radical (unpaired) electrons. The summed E-state index contributed by atoms with van der Waals surface area (Å²) in [5, 5.41) is 7.72. The summed E-state index contributed by atoms with van der Waals surface area (Å²) in [5.74, 6) is -0.745. The molecule has 0 saturated heterocycles. The number of aliphatic carboxylic acids is 1. The van der Waals surface area contributed by atoms with Gasteiger partial charge < -0.3 is 5.11 Å². The van der Waals surface area contributed by atoms with Gasteiger partial charge in [-0.2, -0.15) is 0 Å². The van der Waals surface area contributed by atoms with Crippen LogP contribution in [0.3, 0.4) is 0 Å². The molecule has 0 amide bonds. The van der Waals surface area contributed by atoms with E-state index < -0.39 is 5.97 Å². The van der Waals surface area contributed by atoms with Gasteiger partial charge in [0, 0.05) is 55.8 Å². The minimum atomic E-state index is -0.745. The van der Waals surface area contributed by atoms with Crippen LogP contribution in [-0.4, -0.2) is 11.1 Å². The number of halogens is 1. The molecular weight excluding hydrogens is 239 g/mol. The van der Waals surface area contributed by atoms with Gasteiger partial charge in [0.15, 0.2) is 0 Å². The number of hydrogen-bond acceptors (Lipinski definition) is 1. The molecule has 4 heteroatoms. The second-order valence-corrected chi connectivity index (χ2v) is 0.747. The zero-order valence-electron chi connectivity index (χ0n) is 3.85. The van der Waals surface area contributed by atoms with Crippen molar-refractivity contribution in [1.29, 1.82) is 0 Å². The van der Waals surface area contributed by atoms with Crippen LogP contribution in [0.1, 0.15) is 13.3 Å². The van der Waals surface area contributed by atoms with Crippen molar-refractivity contribution >= 4 is 5.97 Å². The molecule has 0 rings (SSSR count). The van der Waals surface area contributed by atoms with E-state index in [1.54, 1.807) is 6.92 Å². The monoisotopic (exact) mass is 247 g/mol. The molecule has 2 nitrogen and oxygen atoms in total. The number of carboxylic acids is 1. The van der Waals surface area contributed by atoms with E-state index in [0.29, 0.717) is 0 Å². The van der Waals surface area contributed by atoms with Gasteiger partial charge in [0.05, 0.1) is 0 Å². The summed E-state index contributed by atoms with van der Waals surface area (Å²) in [6.45, 7) is 1.60. The molecule has 0 saturated carbocycles. The zero-order valence-corrected chi connectivity index (χ0v) is 6.27. The average molecular weight is 246 g/mol. The van der Waals surface area contributed by atoms with E-state index in [9.17, 15) is 4.79 Å². The molecule has 0 aromatic heterocycles. The van der Waals surface area contributed by atoms with Gasteiger partial charge in [0.25, 0.3) is 0 Å². The van der Waals surface area contributed by atoms with Crippen molar-refractivity contribution in [1.82, 2.24) is 0 Å². The van der Waals surface area contributed by atoms with Crippen LogP contribution in [0.15, 0.2) is 0 Å². The third-order valence-electron chi connectivity index (χ3n) is 0.302. The summed E-state index contributed by atoms with van der Waals surface area (Å²) in [4.78, 5) is 9.37. The SMILES string of the molecule is CCC(=O)O.F.[Eu]. The van der Waals surface area contributed by atoms with Crippen LogP contribution >= 0.6 is 0 Å². The molecule has 0 aliphatic carbocycles. The Balaban J connectivity index is -0.0000000800. The van der Waals surface area contributed by atoms with Crippen molar-refractivity contribution < 1.29 is 64.0 Å². The topological polar surface area (TPSA) is 37.3 Å². The van der Waals surface area contributed by atoms with Crippen LogP contribution in [0.5, 0.6) is 0 Å². The molecule has 0 spiro atoms. The second-order valence-electron chi connectivity index (χ2n) is 0.747. The quantitative estimate of drug-likeness (QED) is 0.736. The van der Waals surface area contributed by atoms with Crippen LogP contribution in [0.25, 0.3) is 0 Å². The van der Waals surface area contributed by atoms with Crippen molar-refractivity contribution in [3.05, 3.63) is 0 Å². The molecular formula is C3H7EuFO2. The molecule has 0 fully saturated rings. The van der Waals surface area contributed by atoms with Crippen molar-refractivity contribution in [3.8, 4) is 0 Å². The zero-order chi connectivity index (χ0) is 4.28. The van der Waals surface area contributed by atoms with Gasteiger partial charge >= 0.3 is 5.97 Å². The first-order chi connectivity index (χ1) is 2.27. The number of rotatable bonds is 1. The van der Waals surface area contributed by atoms with Crippen molar-refractivity contribution in [3.63, 3.8) is 0 Å². The molecule has 45 valence electrons. The normalized spacial score (nSPS) is 5.29. The Hall–Kier alpha value is 0.984. The summed E-state index contributed by atoms with van der Waals surface area (Å²) in [6, 6.07) is 0. The minimum Gasteiger partial charge on any atom is -0.481 e. The largest absolute Gasteiger partial charge is 0.481 e. The Kier molecular flexibility index (Phi) is 22.5. The Bertz CT molecular complexity index is 48.2. The van der Waals surface area contributed by atoms with Crippen LogP contribution in [0.2, 0.25) is 0 Å². The average Bonchev–Trinajstić information content (AvgIpc) is 1.38. The maximum atomic E-state index is 9.37. The molecule has 0 aliphatic rings. The number of hydrogen-bond donors (Lipinski definition) is 1. The fourth-order valence-electron chi connectivity index (χ4n) is 0. The van der Waals surface area contributed by atoms with E-state index in [2.05, 4.69) is 0 Å². The molecule has 0 aliphatic heterocycles. The number of carboxylic acid groups (broad SMARTS) is 1. The maximum Gasteiger partial charge on any atom is 0.303 e. The van der Waals surface area contributed by atoms with E-state index in [1.807, 2.05) is 0 Å². The molecule has 0 unspecified atom stereocenters. The molecule has 0 heterocycles. The Labute approximate surface area is 82.2 Å². The van der Waals surface area contributed by atoms with Gasteiger partial charge in [0.2, 0.25) is 0 Å². The Morgan fingerprint density at radius 1 is 1.71 bits per heavy atom. The minimum absolute atomic E-state index is 0.